The fraction of sp³-hybridized carbons (Fsp3) is 0.810. The van der Waals surface area contributed by atoms with Crippen molar-refractivity contribution in [3.63, 3.8) is 0 Å². The summed E-state index contributed by atoms with van der Waals surface area (Å²) in [6.45, 7) is 8.00. The number of carbonyl (C=O) groups excluding carboxylic acids is 2. The predicted octanol–water partition coefficient (Wildman–Crippen LogP) is 3.33. The molecule has 2 fully saturated rings. The SMILES string of the molecule is CC1=C(C(=O)NCCCN2[C@H](C)CCC[C@H]2C)C2(CCCCC2)OC1=O. The van der Waals surface area contributed by atoms with Gasteiger partial charge >= 0.3 is 5.97 Å². The van der Waals surface area contributed by atoms with Gasteiger partial charge in [0.1, 0.15) is 5.60 Å². The average molecular weight is 363 g/mol. The summed E-state index contributed by atoms with van der Waals surface area (Å²) in [7, 11) is 0. The molecule has 5 heteroatoms. The quantitative estimate of drug-likeness (QED) is 0.602. The Bertz CT molecular complexity index is 568. The third-order valence-corrected chi connectivity index (χ3v) is 6.57. The maximum absolute atomic E-state index is 12.8. The molecule has 5 nitrogen and oxygen atoms in total. The zero-order valence-corrected chi connectivity index (χ0v) is 16.6. The van der Waals surface area contributed by atoms with Crippen LogP contribution in [0.15, 0.2) is 11.1 Å². The van der Waals surface area contributed by atoms with Crippen molar-refractivity contribution in [1.29, 1.82) is 0 Å². The Morgan fingerprint density at radius 3 is 2.46 bits per heavy atom. The van der Waals surface area contributed by atoms with Gasteiger partial charge in [-0.15, -0.1) is 0 Å². The van der Waals surface area contributed by atoms with Crippen LogP contribution in [-0.4, -0.2) is 47.6 Å². The van der Waals surface area contributed by atoms with Crippen LogP contribution in [0.3, 0.4) is 0 Å². The summed E-state index contributed by atoms with van der Waals surface area (Å²) < 4.78 is 5.68. The predicted molar refractivity (Wildman–Crippen MR) is 102 cm³/mol. The molecule has 2 atom stereocenters. The molecule has 26 heavy (non-hydrogen) atoms. The summed E-state index contributed by atoms with van der Waals surface area (Å²) in [6.07, 6.45) is 9.54. The summed E-state index contributed by atoms with van der Waals surface area (Å²) >= 11 is 0. The second-order valence-corrected chi connectivity index (χ2v) is 8.42. The lowest BCUT2D eigenvalue weighted by Gasteiger charge is -2.39. The van der Waals surface area contributed by atoms with Crippen LogP contribution in [0.4, 0.5) is 0 Å². The van der Waals surface area contributed by atoms with Crippen LogP contribution < -0.4 is 5.32 Å². The number of hydrogen-bond donors (Lipinski definition) is 1. The van der Waals surface area contributed by atoms with Crippen molar-refractivity contribution in [2.24, 2.45) is 0 Å². The molecule has 1 aliphatic carbocycles. The second kappa shape index (κ2) is 8.12. The van der Waals surface area contributed by atoms with Gasteiger partial charge < -0.3 is 10.1 Å². The molecule has 0 aromatic rings. The highest BCUT2D eigenvalue weighted by atomic mass is 16.6. The first-order chi connectivity index (χ1) is 12.4. The zero-order valence-electron chi connectivity index (χ0n) is 16.6. The van der Waals surface area contributed by atoms with Crippen LogP contribution in [0.2, 0.25) is 0 Å². The van der Waals surface area contributed by atoms with Crippen molar-refractivity contribution in [3.05, 3.63) is 11.1 Å². The van der Waals surface area contributed by atoms with Gasteiger partial charge in [-0.05, 0) is 65.7 Å². The van der Waals surface area contributed by atoms with Crippen LogP contribution >= 0.6 is 0 Å². The first-order valence-corrected chi connectivity index (χ1v) is 10.4. The normalized spacial score (nSPS) is 29.1. The third kappa shape index (κ3) is 3.83. The van der Waals surface area contributed by atoms with Crippen molar-refractivity contribution in [2.75, 3.05) is 13.1 Å². The highest BCUT2D eigenvalue weighted by molar-refractivity contribution is 6.07. The number of esters is 1. The first kappa shape index (κ1) is 19.4. The standard InChI is InChI=1S/C21H34N2O3/c1-15-9-7-10-16(2)23(15)14-8-13-22-19(24)18-17(3)20(25)26-21(18)11-5-4-6-12-21/h15-16H,4-14H2,1-3H3,(H,22,24)/t15-,16-/m1/s1. The molecule has 0 aromatic carbocycles. The summed E-state index contributed by atoms with van der Waals surface area (Å²) in [5.74, 6) is -0.414. The van der Waals surface area contributed by atoms with Crippen LogP contribution in [0.25, 0.3) is 0 Å². The van der Waals surface area contributed by atoms with E-state index in [9.17, 15) is 9.59 Å². The van der Waals surface area contributed by atoms with Gasteiger partial charge in [-0.3, -0.25) is 9.69 Å². The Morgan fingerprint density at radius 2 is 1.81 bits per heavy atom. The molecule has 1 saturated heterocycles. The number of nitrogens with zero attached hydrogens (tertiary/aromatic N) is 1. The number of ether oxygens (including phenoxy) is 1. The molecule has 146 valence electrons. The minimum atomic E-state index is -0.653. The highest BCUT2D eigenvalue weighted by Crippen LogP contribution is 2.43. The lowest BCUT2D eigenvalue weighted by atomic mass is 9.78. The van der Waals surface area contributed by atoms with Crippen molar-refractivity contribution < 1.29 is 14.3 Å². The Labute approximate surface area is 157 Å². The molecule has 1 saturated carbocycles. The Kier molecular flexibility index (Phi) is 6.06. The van der Waals surface area contributed by atoms with E-state index in [2.05, 4.69) is 24.1 Å². The van der Waals surface area contributed by atoms with Gasteiger partial charge in [-0.2, -0.15) is 0 Å². The summed E-state index contributed by atoms with van der Waals surface area (Å²) in [5.41, 5.74) is 0.448. The number of nitrogens with one attached hydrogen (secondary N) is 1. The molecule has 3 aliphatic rings. The molecule has 0 unspecified atom stereocenters. The van der Waals surface area contributed by atoms with Crippen LogP contribution in [0.1, 0.15) is 78.6 Å². The van der Waals surface area contributed by atoms with E-state index in [0.717, 1.165) is 45.1 Å². The summed E-state index contributed by atoms with van der Waals surface area (Å²) in [6, 6.07) is 1.26. The van der Waals surface area contributed by atoms with E-state index in [1.165, 1.54) is 19.3 Å². The molecule has 1 spiro atoms. The molecule has 0 bridgehead atoms. The lowest BCUT2D eigenvalue weighted by Crippen LogP contribution is -2.45. The van der Waals surface area contributed by atoms with Crippen molar-refractivity contribution in [3.8, 4) is 0 Å². The number of carbonyl (C=O) groups is 2. The number of piperidine rings is 1. The smallest absolute Gasteiger partial charge is 0.335 e. The van der Waals surface area contributed by atoms with Gasteiger partial charge in [0.2, 0.25) is 0 Å². The van der Waals surface area contributed by atoms with Crippen molar-refractivity contribution in [1.82, 2.24) is 10.2 Å². The third-order valence-electron chi connectivity index (χ3n) is 6.57. The van der Waals surface area contributed by atoms with E-state index < -0.39 is 5.60 Å². The summed E-state index contributed by atoms with van der Waals surface area (Å²) in [4.78, 5) is 27.5. The molecule has 1 N–H and O–H groups in total. The van der Waals surface area contributed by atoms with Gasteiger partial charge in [0.15, 0.2) is 0 Å². The molecular weight excluding hydrogens is 328 g/mol. The summed E-state index contributed by atoms with van der Waals surface area (Å²) in [5, 5.41) is 3.06. The minimum absolute atomic E-state index is 0.102. The van der Waals surface area contributed by atoms with Gasteiger partial charge in [-0.25, -0.2) is 4.79 Å². The lowest BCUT2D eigenvalue weighted by molar-refractivity contribution is -0.149. The molecular formula is C21H34N2O3. The van der Waals surface area contributed by atoms with E-state index in [4.69, 9.17) is 4.74 Å². The Hall–Kier alpha value is -1.36. The van der Waals surface area contributed by atoms with Crippen molar-refractivity contribution >= 4 is 11.9 Å². The maximum atomic E-state index is 12.8. The average Bonchev–Trinajstić information content (AvgIpc) is 2.84. The largest absolute Gasteiger partial charge is 0.451 e. The fourth-order valence-electron chi connectivity index (χ4n) is 5.07. The number of rotatable bonds is 5. The van der Waals surface area contributed by atoms with Gasteiger partial charge in [-0.1, -0.05) is 12.8 Å². The molecule has 2 aliphatic heterocycles. The van der Waals surface area contributed by atoms with Gasteiger partial charge in [0.25, 0.3) is 5.91 Å². The van der Waals surface area contributed by atoms with E-state index in [1.807, 2.05) is 0 Å². The number of amides is 1. The topological polar surface area (TPSA) is 58.6 Å². The van der Waals surface area contributed by atoms with E-state index in [-0.39, 0.29) is 11.9 Å². The maximum Gasteiger partial charge on any atom is 0.335 e. The Morgan fingerprint density at radius 1 is 1.15 bits per heavy atom. The highest BCUT2D eigenvalue weighted by Gasteiger charge is 2.49. The second-order valence-electron chi connectivity index (χ2n) is 8.42. The number of hydrogen-bond acceptors (Lipinski definition) is 4. The zero-order chi connectivity index (χ0) is 18.7. The van der Waals surface area contributed by atoms with E-state index >= 15 is 0 Å². The fourth-order valence-corrected chi connectivity index (χ4v) is 5.07. The monoisotopic (exact) mass is 362 g/mol. The van der Waals surface area contributed by atoms with E-state index in [0.29, 0.717) is 29.8 Å². The molecule has 0 aromatic heterocycles. The Balaban J connectivity index is 1.54. The molecule has 0 radical (unpaired) electrons. The van der Waals surface area contributed by atoms with Crippen LogP contribution in [-0.2, 0) is 14.3 Å². The van der Waals surface area contributed by atoms with Crippen LogP contribution in [0, 0.1) is 0 Å². The van der Waals surface area contributed by atoms with Gasteiger partial charge in [0, 0.05) is 30.7 Å². The minimum Gasteiger partial charge on any atom is -0.451 e. The molecule has 1 amide bonds. The number of likely N-dealkylation sites (tertiary alicyclic amines) is 1. The molecule has 3 rings (SSSR count). The van der Waals surface area contributed by atoms with Crippen LogP contribution in [0.5, 0.6) is 0 Å². The first-order valence-electron chi connectivity index (χ1n) is 10.4. The van der Waals surface area contributed by atoms with Crippen molar-refractivity contribution in [2.45, 2.75) is 96.2 Å². The van der Waals surface area contributed by atoms with Gasteiger partial charge in [0.05, 0.1) is 5.57 Å². The molecule has 2 heterocycles. The van der Waals surface area contributed by atoms with E-state index in [1.54, 1.807) is 6.92 Å².